The Hall–Kier alpha value is -4.27. The van der Waals surface area contributed by atoms with Crippen LogP contribution in [0.15, 0.2) is 84.9 Å². The molecule has 0 aliphatic carbocycles. The molecule has 5 N–H and O–H groups in total. The van der Waals surface area contributed by atoms with Gasteiger partial charge in [0.2, 0.25) is 11.8 Å². The number of fused-ring (bicyclic) bond motifs is 2. The number of hydrogen-bond donors (Lipinski definition) is 5. The van der Waals surface area contributed by atoms with Crippen molar-refractivity contribution < 1.29 is 19.5 Å². The maximum atomic E-state index is 14.3. The molecular formula is C41H54N4O4. The highest BCUT2D eigenvalue weighted by Gasteiger charge is 2.30. The number of hydrogen-bond acceptors (Lipinski definition) is 5. The molecule has 0 heterocycles. The van der Waals surface area contributed by atoms with Crippen LogP contribution in [0.5, 0.6) is 0 Å². The summed E-state index contributed by atoms with van der Waals surface area (Å²) in [5.74, 6) is -0.932. The number of carbonyl (C=O) groups excluding carboxylic acids is 3. The van der Waals surface area contributed by atoms with Crippen LogP contribution in [-0.2, 0) is 27.2 Å². The lowest BCUT2D eigenvalue weighted by atomic mass is 9.88. The van der Waals surface area contributed by atoms with Gasteiger partial charge in [0.25, 0.3) is 5.91 Å². The molecule has 0 spiro atoms. The summed E-state index contributed by atoms with van der Waals surface area (Å²) in [4.78, 5) is 40.7. The van der Waals surface area contributed by atoms with Crippen molar-refractivity contribution in [2.45, 2.75) is 85.0 Å². The topological polar surface area (TPSA) is 120 Å². The fourth-order valence-corrected chi connectivity index (χ4v) is 6.33. The van der Waals surface area contributed by atoms with Gasteiger partial charge in [-0.3, -0.25) is 19.7 Å². The number of aliphatic hydroxyl groups excluding tert-OH is 1. The fraction of sp³-hybridized carbons (Fsp3) is 0.439. The van der Waals surface area contributed by atoms with Crippen LogP contribution in [0.25, 0.3) is 21.5 Å². The van der Waals surface area contributed by atoms with Gasteiger partial charge >= 0.3 is 0 Å². The van der Waals surface area contributed by atoms with Gasteiger partial charge in [0.05, 0.1) is 18.6 Å². The average Bonchev–Trinajstić information content (AvgIpc) is 3.09. The van der Waals surface area contributed by atoms with Crippen molar-refractivity contribution in [1.82, 2.24) is 21.3 Å². The summed E-state index contributed by atoms with van der Waals surface area (Å²) in [5, 5.41) is 27.5. The third-order valence-corrected chi connectivity index (χ3v) is 9.28. The van der Waals surface area contributed by atoms with Gasteiger partial charge in [-0.15, -0.1) is 0 Å². The molecule has 8 nitrogen and oxygen atoms in total. The standard InChI is InChI=1S/C41H54N4O4/c1-6-28(5)26-43-38(47)25-37(46)36(22-27(3)4)44-41(49)39(42-7-2)45-40(48)33(23-31-18-12-16-29-14-8-10-20-34(29)31)24-32-19-13-17-30-15-9-11-21-35(30)32/h8-21,27-28,33,36-37,39,42,46H,6-7,22-26H2,1-5H3,(H,43,47)(H,44,49)(H,45,48)/t28-,36-,37+,39-/m0/s1. The van der Waals surface area contributed by atoms with E-state index in [1.54, 1.807) is 0 Å². The highest BCUT2D eigenvalue weighted by Crippen LogP contribution is 2.26. The molecule has 0 aromatic heterocycles. The first-order valence-corrected chi connectivity index (χ1v) is 17.8. The Balaban J connectivity index is 1.56. The molecule has 262 valence electrons. The second-order valence-corrected chi connectivity index (χ2v) is 13.7. The summed E-state index contributed by atoms with van der Waals surface area (Å²) >= 11 is 0. The fourth-order valence-electron chi connectivity index (χ4n) is 6.33. The van der Waals surface area contributed by atoms with Gasteiger partial charge in [-0.1, -0.05) is 126 Å². The minimum atomic E-state index is -1.08. The summed E-state index contributed by atoms with van der Waals surface area (Å²) in [7, 11) is 0. The van der Waals surface area contributed by atoms with E-state index < -0.39 is 30.1 Å². The minimum absolute atomic E-state index is 0.121. The first-order chi connectivity index (χ1) is 23.6. The van der Waals surface area contributed by atoms with Gasteiger partial charge in [0.15, 0.2) is 6.17 Å². The molecule has 0 fully saturated rings. The third kappa shape index (κ3) is 10.9. The van der Waals surface area contributed by atoms with Crippen molar-refractivity contribution in [3.05, 3.63) is 96.1 Å². The first-order valence-electron chi connectivity index (χ1n) is 17.8. The molecule has 0 saturated heterocycles. The number of amides is 3. The van der Waals surface area contributed by atoms with Crippen molar-refractivity contribution >= 4 is 39.3 Å². The van der Waals surface area contributed by atoms with Crippen LogP contribution in [-0.4, -0.2) is 54.2 Å². The lowest BCUT2D eigenvalue weighted by molar-refractivity contribution is -0.133. The normalized spacial score (nSPS) is 14.0. The number of aliphatic hydroxyl groups is 1. The molecule has 0 bridgehead atoms. The smallest absolute Gasteiger partial charge is 0.257 e. The number of benzene rings is 4. The van der Waals surface area contributed by atoms with E-state index in [9.17, 15) is 19.5 Å². The maximum absolute atomic E-state index is 14.3. The largest absolute Gasteiger partial charge is 0.390 e. The number of likely N-dealkylation sites (N-methyl/N-ethyl adjacent to an activating group) is 1. The van der Waals surface area contributed by atoms with E-state index in [4.69, 9.17) is 0 Å². The van der Waals surface area contributed by atoms with Crippen LogP contribution >= 0.6 is 0 Å². The predicted octanol–water partition coefficient (Wildman–Crippen LogP) is 5.89. The highest BCUT2D eigenvalue weighted by molar-refractivity contribution is 5.91. The van der Waals surface area contributed by atoms with Crippen LogP contribution in [0.2, 0.25) is 0 Å². The Morgan fingerprint density at radius 2 is 1.27 bits per heavy atom. The Kier molecular flexibility index (Phi) is 14.2. The van der Waals surface area contributed by atoms with Crippen LogP contribution in [0.4, 0.5) is 0 Å². The van der Waals surface area contributed by atoms with E-state index in [1.165, 1.54) is 0 Å². The van der Waals surface area contributed by atoms with Crippen LogP contribution in [0.3, 0.4) is 0 Å². The third-order valence-electron chi connectivity index (χ3n) is 9.28. The van der Waals surface area contributed by atoms with Crippen LogP contribution < -0.4 is 21.3 Å². The first kappa shape index (κ1) is 37.5. The molecule has 4 aromatic rings. The second-order valence-electron chi connectivity index (χ2n) is 13.7. The highest BCUT2D eigenvalue weighted by atomic mass is 16.3. The molecule has 0 aliphatic rings. The van der Waals surface area contributed by atoms with Gasteiger partial charge in [-0.05, 0) is 70.3 Å². The molecule has 4 aromatic carbocycles. The van der Waals surface area contributed by atoms with Crippen molar-refractivity contribution in [2.75, 3.05) is 13.1 Å². The summed E-state index contributed by atoms with van der Waals surface area (Å²) < 4.78 is 0. The number of rotatable bonds is 18. The van der Waals surface area contributed by atoms with Crippen molar-refractivity contribution in [2.24, 2.45) is 17.8 Å². The molecule has 4 atom stereocenters. The maximum Gasteiger partial charge on any atom is 0.257 e. The second kappa shape index (κ2) is 18.5. The van der Waals surface area contributed by atoms with Gasteiger partial charge in [0, 0.05) is 12.5 Å². The summed E-state index contributed by atoms with van der Waals surface area (Å²) in [6.45, 7) is 11.0. The Bertz CT molecular complexity index is 1600. The van der Waals surface area contributed by atoms with E-state index >= 15 is 0 Å². The molecule has 49 heavy (non-hydrogen) atoms. The zero-order valence-electron chi connectivity index (χ0n) is 29.7. The molecular weight excluding hydrogens is 612 g/mol. The SMILES string of the molecule is CCN[C@@H](NC(=O)C(Cc1cccc2ccccc12)Cc1cccc2ccccc12)C(=O)N[C@@H](CC(C)C)[C@H](O)CC(=O)NC[C@@H](C)CC. The monoisotopic (exact) mass is 666 g/mol. The number of nitrogens with one attached hydrogen (secondary N) is 4. The van der Waals surface area contributed by atoms with Gasteiger partial charge in [-0.25, -0.2) is 0 Å². The average molecular weight is 667 g/mol. The molecule has 0 saturated carbocycles. The Morgan fingerprint density at radius 3 is 1.80 bits per heavy atom. The van der Waals surface area contributed by atoms with Gasteiger partial charge in [0.1, 0.15) is 0 Å². The molecule has 0 unspecified atom stereocenters. The predicted molar refractivity (Wildman–Crippen MR) is 199 cm³/mol. The van der Waals surface area contributed by atoms with E-state index in [0.29, 0.717) is 38.3 Å². The van der Waals surface area contributed by atoms with E-state index in [0.717, 1.165) is 39.1 Å². The van der Waals surface area contributed by atoms with E-state index in [-0.39, 0.29) is 24.2 Å². The lowest BCUT2D eigenvalue weighted by Gasteiger charge is -2.29. The van der Waals surface area contributed by atoms with Crippen molar-refractivity contribution in [3.63, 3.8) is 0 Å². The Labute approximate surface area is 291 Å². The van der Waals surface area contributed by atoms with Crippen LogP contribution in [0, 0.1) is 17.8 Å². The van der Waals surface area contributed by atoms with Crippen LogP contribution in [0.1, 0.15) is 65.0 Å². The Morgan fingerprint density at radius 1 is 0.714 bits per heavy atom. The molecule has 3 amide bonds. The van der Waals surface area contributed by atoms with Gasteiger partial charge in [-0.2, -0.15) is 0 Å². The van der Waals surface area contributed by atoms with E-state index in [2.05, 4.69) is 83.6 Å². The molecule has 0 aliphatic heterocycles. The summed E-state index contributed by atoms with van der Waals surface area (Å²) in [5.41, 5.74) is 2.13. The quantitative estimate of drug-likeness (QED) is 0.0849. The number of carbonyl (C=O) groups is 3. The van der Waals surface area contributed by atoms with Gasteiger partial charge < -0.3 is 21.1 Å². The van der Waals surface area contributed by atoms with E-state index in [1.807, 2.05) is 57.2 Å². The minimum Gasteiger partial charge on any atom is -0.390 e. The van der Waals surface area contributed by atoms with Crippen molar-refractivity contribution in [3.8, 4) is 0 Å². The van der Waals surface area contributed by atoms with Crippen molar-refractivity contribution in [1.29, 1.82) is 0 Å². The summed E-state index contributed by atoms with van der Waals surface area (Å²) in [6.07, 6.45) is 0.159. The molecule has 8 heteroatoms. The lowest BCUT2D eigenvalue weighted by Crippen LogP contribution is -2.59. The molecule has 0 radical (unpaired) electrons. The molecule has 4 rings (SSSR count). The summed E-state index contributed by atoms with van der Waals surface area (Å²) in [6, 6.07) is 28.0. The zero-order valence-corrected chi connectivity index (χ0v) is 29.7. The zero-order chi connectivity index (χ0) is 35.3.